The summed E-state index contributed by atoms with van der Waals surface area (Å²) in [6, 6.07) is -1.02. The van der Waals surface area contributed by atoms with Gasteiger partial charge in [0.1, 0.15) is 0 Å². The summed E-state index contributed by atoms with van der Waals surface area (Å²) < 4.78 is 59.6. The molecule has 5 aliphatic rings. The van der Waals surface area contributed by atoms with Crippen LogP contribution in [0.15, 0.2) is 0 Å². The maximum absolute atomic E-state index is 13.5. The Morgan fingerprint density at radius 1 is 0.667 bits per heavy atom. The van der Waals surface area contributed by atoms with E-state index in [1.807, 2.05) is 0 Å². The Labute approximate surface area is 217 Å². The topological polar surface area (TPSA) is 133 Å². The first kappa shape index (κ1) is 27.3. The van der Waals surface area contributed by atoms with Gasteiger partial charge in [-0.05, 0) is 74.0 Å². The van der Waals surface area contributed by atoms with Gasteiger partial charge in [0, 0.05) is 22.9 Å². The smallest absolute Gasteiger partial charge is 0.212 e. The molecule has 5 aliphatic carbocycles. The van der Waals surface area contributed by atoms with Crippen LogP contribution < -0.4 is 9.44 Å². The van der Waals surface area contributed by atoms with Gasteiger partial charge in [-0.2, -0.15) is 0 Å². The second-order valence-corrected chi connectivity index (χ2v) is 17.5. The molecule has 8 atom stereocenters. The third-order valence-electron chi connectivity index (χ3n) is 12.1. The third-order valence-corrected chi connectivity index (χ3v) is 15.2. The van der Waals surface area contributed by atoms with E-state index in [0.29, 0.717) is 50.4 Å². The molecule has 0 aromatic heterocycles. The fourth-order valence-corrected chi connectivity index (χ4v) is 13.8. The van der Waals surface area contributed by atoms with E-state index in [1.54, 1.807) is 0 Å². The molecule has 208 valence electrons. The summed E-state index contributed by atoms with van der Waals surface area (Å²) >= 11 is 0. The average molecular weight is 547 g/mol. The van der Waals surface area contributed by atoms with Crippen molar-refractivity contribution < 1.29 is 27.0 Å². The van der Waals surface area contributed by atoms with Gasteiger partial charge >= 0.3 is 0 Å². The van der Waals surface area contributed by atoms with E-state index >= 15 is 0 Å². The molecule has 0 aromatic carbocycles. The van der Waals surface area contributed by atoms with E-state index in [0.717, 1.165) is 25.7 Å². The van der Waals surface area contributed by atoms with Gasteiger partial charge in [-0.25, -0.2) is 26.3 Å². The first-order chi connectivity index (χ1) is 16.6. The number of hydrogen-bond donors (Lipinski definition) is 4. The number of sulfonamides is 2. The van der Waals surface area contributed by atoms with Crippen molar-refractivity contribution in [3.8, 4) is 0 Å². The van der Waals surface area contributed by atoms with Crippen LogP contribution in [-0.4, -0.2) is 62.8 Å². The molecule has 0 aromatic rings. The number of aliphatic hydroxyl groups excluding tert-OH is 2. The molecule has 0 saturated heterocycles. The van der Waals surface area contributed by atoms with Gasteiger partial charge in [0.15, 0.2) is 0 Å². The predicted molar refractivity (Wildman–Crippen MR) is 139 cm³/mol. The maximum atomic E-state index is 13.5. The van der Waals surface area contributed by atoms with E-state index < -0.39 is 55.2 Å². The second kappa shape index (κ2) is 8.62. The fourth-order valence-electron chi connectivity index (χ4n) is 9.39. The van der Waals surface area contributed by atoms with Crippen molar-refractivity contribution in [2.45, 2.75) is 116 Å². The lowest BCUT2D eigenvalue weighted by atomic mass is 9.70. The zero-order valence-electron chi connectivity index (χ0n) is 22.3. The Hall–Kier alpha value is -0.260. The monoisotopic (exact) mass is 546 g/mol. The van der Waals surface area contributed by atoms with Crippen LogP contribution in [0.25, 0.3) is 0 Å². The third kappa shape index (κ3) is 4.03. The number of fused-ring (bicyclic) bond motifs is 4. The molecule has 0 amide bonds. The quantitative estimate of drug-likeness (QED) is 0.370. The van der Waals surface area contributed by atoms with Crippen LogP contribution in [0.3, 0.4) is 0 Å². The summed E-state index contributed by atoms with van der Waals surface area (Å²) in [5, 5.41) is 21.7. The van der Waals surface area contributed by atoms with Gasteiger partial charge in [0.05, 0.1) is 23.7 Å². The molecular weight excluding hydrogens is 500 g/mol. The molecular formula is C26H46N2O6S2. The summed E-state index contributed by atoms with van der Waals surface area (Å²) in [5.74, 6) is 0.431. The Bertz CT molecular complexity index is 1000. The second-order valence-electron chi connectivity index (χ2n) is 14.0. The van der Waals surface area contributed by atoms with Crippen molar-refractivity contribution in [1.82, 2.24) is 9.44 Å². The SMILES string of the molecule is CC1(C)[C@H]2CCC1(CS(=O)(=O)N[C@@H]1CCCC[C@H]1NS(=O)(=O)C[C@@]13CCC(CC1O)C3(C)C)C(O)C2. The van der Waals surface area contributed by atoms with Crippen LogP contribution in [0.2, 0.25) is 0 Å². The Balaban J connectivity index is 1.30. The molecule has 0 aliphatic heterocycles. The molecule has 36 heavy (non-hydrogen) atoms. The lowest BCUT2D eigenvalue weighted by Gasteiger charge is -2.42. The highest BCUT2D eigenvalue weighted by Crippen LogP contribution is 2.67. The molecule has 0 radical (unpaired) electrons. The molecule has 0 spiro atoms. The van der Waals surface area contributed by atoms with E-state index in [1.165, 1.54) is 0 Å². The molecule has 4 bridgehead atoms. The fraction of sp³-hybridized carbons (Fsp3) is 1.00. The highest BCUT2D eigenvalue weighted by Gasteiger charge is 2.66. The molecule has 5 fully saturated rings. The Kier molecular flexibility index (Phi) is 6.54. The largest absolute Gasteiger partial charge is 0.392 e. The zero-order chi connectivity index (χ0) is 26.4. The number of nitrogens with one attached hydrogen (secondary N) is 2. The summed E-state index contributed by atoms with van der Waals surface area (Å²) in [6.45, 7) is 8.33. The maximum Gasteiger partial charge on any atom is 0.212 e. The minimum absolute atomic E-state index is 0.120. The van der Waals surface area contributed by atoms with Crippen LogP contribution in [0.4, 0.5) is 0 Å². The van der Waals surface area contributed by atoms with Crippen molar-refractivity contribution in [2.24, 2.45) is 33.5 Å². The summed E-state index contributed by atoms with van der Waals surface area (Å²) in [6.07, 6.45) is 6.17. The van der Waals surface area contributed by atoms with Gasteiger partial charge < -0.3 is 10.2 Å². The van der Waals surface area contributed by atoms with Gasteiger partial charge in [0.2, 0.25) is 20.0 Å². The van der Waals surface area contributed by atoms with Crippen LogP contribution in [0.5, 0.6) is 0 Å². The van der Waals surface area contributed by atoms with Crippen molar-refractivity contribution in [3.63, 3.8) is 0 Å². The summed E-state index contributed by atoms with van der Waals surface area (Å²) in [7, 11) is -7.49. The average Bonchev–Trinajstić information content (AvgIpc) is 3.27. The molecule has 4 N–H and O–H groups in total. The molecule has 10 heteroatoms. The summed E-state index contributed by atoms with van der Waals surface area (Å²) in [4.78, 5) is 0. The van der Waals surface area contributed by atoms with E-state index in [-0.39, 0.29) is 22.3 Å². The molecule has 5 saturated carbocycles. The van der Waals surface area contributed by atoms with Crippen LogP contribution in [0.1, 0.15) is 91.9 Å². The first-order valence-corrected chi connectivity index (χ1v) is 17.2. The standard InChI is InChI=1S/C26H46N2O6S2/c1-23(2)17-9-11-25(23,21(29)13-17)15-35(31,32)27-19-7-5-6-8-20(19)28-36(33,34)16-26-12-10-18(14-22(26)30)24(26,3)4/h17-22,27-30H,5-16H2,1-4H3/t17-,18?,19+,20+,21?,22?,25?,26-/m0/s1. The van der Waals surface area contributed by atoms with Crippen LogP contribution >= 0.6 is 0 Å². The van der Waals surface area contributed by atoms with Gasteiger partial charge in [-0.1, -0.05) is 40.5 Å². The van der Waals surface area contributed by atoms with Crippen molar-refractivity contribution >= 4 is 20.0 Å². The number of hydrogen-bond acceptors (Lipinski definition) is 6. The molecule has 0 heterocycles. The number of aliphatic hydroxyl groups is 2. The molecule has 4 unspecified atom stereocenters. The lowest BCUT2D eigenvalue weighted by molar-refractivity contribution is 0.0148. The van der Waals surface area contributed by atoms with Gasteiger partial charge in [0.25, 0.3) is 0 Å². The highest BCUT2D eigenvalue weighted by molar-refractivity contribution is 7.89. The van der Waals surface area contributed by atoms with E-state index in [4.69, 9.17) is 0 Å². The Morgan fingerprint density at radius 2 is 1.03 bits per heavy atom. The summed E-state index contributed by atoms with van der Waals surface area (Å²) in [5.41, 5.74) is -1.81. The van der Waals surface area contributed by atoms with Crippen LogP contribution in [-0.2, 0) is 20.0 Å². The highest BCUT2D eigenvalue weighted by atomic mass is 32.2. The normalized spacial score (nSPS) is 45.4. The predicted octanol–water partition coefficient (Wildman–Crippen LogP) is 2.51. The lowest BCUT2D eigenvalue weighted by Crippen LogP contribution is -2.57. The van der Waals surface area contributed by atoms with Gasteiger partial charge in [-0.3, -0.25) is 0 Å². The van der Waals surface area contributed by atoms with Gasteiger partial charge in [-0.15, -0.1) is 0 Å². The van der Waals surface area contributed by atoms with Crippen molar-refractivity contribution in [2.75, 3.05) is 11.5 Å². The minimum atomic E-state index is -3.75. The molecule has 8 nitrogen and oxygen atoms in total. The van der Waals surface area contributed by atoms with E-state index in [2.05, 4.69) is 37.1 Å². The minimum Gasteiger partial charge on any atom is -0.392 e. The first-order valence-electron chi connectivity index (χ1n) is 13.9. The Morgan fingerprint density at radius 3 is 1.31 bits per heavy atom. The van der Waals surface area contributed by atoms with Crippen molar-refractivity contribution in [3.05, 3.63) is 0 Å². The molecule has 5 rings (SSSR count). The van der Waals surface area contributed by atoms with Crippen molar-refractivity contribution in [1.29, 1.82) is 0 Å². The zero-order valence-corrected chi connectivity index (χ0v) is 23.9. The van der Waals surface area contributed by atoms with E-state index in [9.17, 15) is 27.0 Å². The van der Waals surface area contributed by atoms with Crippen LogP contribution in [0, 0.1) is 33.5 Å². The number of rotatable bonds is 8.